The molecule has 4 N–H and O–H groups in total. The Hall–Kier alpha value is -3.08. The molecule has 2 aromatic heterocycles. The number of hydrogen-bond acceptors (Lipinski definition) is 9. The van der Waals surface area contributed by atoms with Crippen LogP contribution in [0.4, 0.5) is 16.8 Å². The van der Waals surface area contributed by atoms with Crippen LogP contribution in [0.3, 0.4) is 0 Å². The second kappa shape index (κ2) is 9.16. The predicted octanol–water partition coefficient (Wildman–Crippen LogP) is 1.77. The fraction of sp³-hybridized carbons (Fsp3) is 0.474. The van der Waals surface area contributed by atoms with Crippen LogP contribution in [0, 0.1) is 12.8 Å². The third-order valence-corrected chi connectivity index (χ3v) is 6.16. The summed E-state index contributed by atoms with van der Waals surface area (Å²) >= 11 is 1.25. The van der Waals surface area contributed by atoms with Crippen LogP contribution in [0.15, 0.2) is 18.7 Å². The van der Waals surface area contributed by atoms with Crippen molar-refractivity contribution in [3.8, 4) is 0 Å². The maximum atomic E-state index is 11.8. The van der Waals surface area contributed by atoms with Crippen molar-refractivity contribution in [2.75, 3.05) is 17.3 Å². The molecule has 0 aromatic carbocycles. The van der Waals surface area contributed by atoms with Crippen molar-refractivity contribution in [3.05, 3.63) is 30.1 Å². The van der Waals surface area contributed by atoms with Crippen LogP contribution in [0.2, 0.25) is 0 Å². The Morgan fingerprint density at radius 3 is 2.77 bits per heavy atom. The van der Waals surface area contributed by atoms with Crippen LogP contribution in [-0.4, -0.2) is 50.5 Å². The molecule has 10 nitrogen and oxygen atoms in total. The van der Waals surface area contributed by atoms with Gasteiger partial charge in [0.15, 0.2) is 11.5 Å². The Kier molecular flexibility index (Phi) is 6.60. The van der Waals surface area contributed by atoms with Crippen LogP contribution >= 0.6 is 11.5 Å². The number of carbonyl (C=O) groups excluding carboxylic acids is 2. The number of hydrogen-bond donors (Lipinski definition) is 3. The minimum Gasteiger partial charge on any atom is -0.364 e. The quantitative estimate of drug-likeness (QED) is 0.565. The Bertz CT molecular complexity index is 946. The molecule has 1 aliphatic rings. The van der Waals surface area contributed by atoms with E-state index < -0.39 is 5.91 Å². The molecule has 0 spiro atoms. The van der Waals surface area contributed by atoms with Crippen molar-refractivity contribution >= 4 is 40.1 Å². The smallest absolute Gasteiger partial charge is 0.273 e. The largest absolute Gasteiger partial charge is 0.364 e. The Labute approximate surface area is 179 Å². The SMILES string of the molecule is C=CC(=O)NC1CCC[C@@H](N(C)c2nnc(C(N)=O)c(Nc3cc(C)ns3)n2)[C@H]1C. The topological polar surface area (TPSA) is 139 Å². The maximum absolute atomic E-state index is 11.8. The lowest BCUT2D eigenvalue weighted by Gasteiger charge is -2.41. The summed E-state index contributed by atoms with van der Waals surface area (Å²) in [6, 6.07) is 1.97. The summed E-state index contributed by atoms with van der Waals surface area (Å²) in [6.07, 6.45) is 4.08. The van der Waals surface area contributed by atoms with E-state index in [9.17, 15) is 9.59 Å². The molecular formula is C19H26N8O2S. The molecule has 1 unspecified atom stereocenters. The van der Waals surface area contributed by atoms with Gasteiger partial charge in [-0.3, -0.25) is 9.59 Å². The molecule has 0 saturated heterocycles. The van der Waals surface area contributed by atoms with Crippen molar-refractivity contribution in [1.29, 1.82) is 0 Å². The maximum Gasteiger partial charge on any atom is 0.273 e. The number of aromatic nitrogens is 4. The molecule has 1 fully saturated rings. The number of anilines is 3. The summed E-state index contributed by atoms with van der Waals surface area (Å²) in [4.78, 5) is 30.0. The average Bonchev–Trinajstić information content (AvgIpc) is 3.13. The third kappa shape index (κ3) is 4.73. The van der Waals surface area contributed by atoms with Crippen molar-refractivity contribution in [2.24, 2.45) is 11.7 Å². The minimum absolute atomic E-state index is 0.0346. The highest BCUT2D eigenvalue weighted by Crippen LogP contribution is 2.30. The average molecular weight is 431 g/mol. The number of nitrogens with one attached hydrogen (secondary N) is 2. The highest BCUT2D eigenvalue weighted by atomic mass is 32.1. The summed E-state index contributed by atoms with van der Waals surface area (Å²) in [5.41, 5.74) is 6.26. The van der Waals surface area contributed by atoms with Crippen molar-refractivity contribution in [3.63, 3.8) is 0 Å². The van der Waals surface area contributed by atoms with E-state index in [0.717, 1.165) is 30.0 Å². The van der Waals surface area contributed by atoms with E-state index >= 15 is 0 Å². The lowest BCUT2D eigenvalue weighted by molar-refractivity contribution is -0.117. The Morgan fingerprint density at radius 2 is 2.13 bits per heavy atom. The highest BCUT2D eigenvalue weighted by Gasteiger charge is 2.34. The van der Waals surface area contributed by atoms with Crippen LogP contribution < -0.4 is 21.3 Å². The molecule has 1 aliphatic carbocycles. The second-order valence-electron chi connectivity index (χ2n) is 7.42. The zero-order valence-corrected chi connectivity index (χ0v) is 18.1. The molecule has 11 heteroatoms. The second-order valence-corrected chi connectivity index (χ2v) is 8.22. The summed E-state index contributed by atoms with van der Waals surface area (Å²) < 4.78 is 4.21. The van der Waals surface area contributed by atoms with E-state index in [1.807, 2.05) is 24.9 Å². The van der Waals surface area contributed by atoms with Gasteiger partial charge in [-0.2, -0.15) is 9.36 Å². The van der Waals surface area contributed by atoms with Gasteiger partial charge >= 0.3 is 0 Å². The number of amides is 2. The molecule has 2 amide bonds. The zero-order chi connectivity index (χ0) is 21.8. The normalized spacial score (nSPS) is 21.0. The number of carbonyl (C=O) groups is 2. The van der Waals surface area contributed by atoms with Gasteiger partial charge < -0.3 is 21.3 Å². The first-order valence-electron chi connectivity index (χ1n) is 9.70. The van der Waals surface area contributed by atoms with Crippen LogP contribution in [0.25, 0.3) is 0 Å². The van der Waals surface area contributed by atoms with Gasteiger partial charge in [-0.15, -0.1) is 10.2 Å². The van der Waals surface area contributed by atoms with Crippen LogP contribution in [0.5, 0.6) is 0 Å². The fourth-order valence-corrected chi connectivity index (χ4v) is 4.40. The van der Waals surface area contributed by atoms with E-state index in [0.29, 0.717) is 5.95 Å². The van der Waals surface area contributed by atoms with Gasteiger partial charge in [-0.05, 0) is 55.8 Å². The van der Waals surface area contributed by atoms with Gasteiger partial charge in [0, 0.05) is 19.1 Å². The van der Waals surface area contributed by atoms with Gasteiger partial charge in [0.25, 0.3) is 5.91 Å². The van der Waals surface area contributed by atoms with E-state index in [1.54, 1.807) is 0 Å². The molecule has 160 valence electrons. The first kappa shape index (κ1) is 21.6. The lowest BCUT2D eigenvalue weighted by Crippen LogP contribution is -2.51. The monoisotopic (exact) mass is 430 g/mol. The standard InChI is InChI=1S/C19H26N8O2S/c1-5-14(28)21-12-7-6-8-13(11(12)3)27(4)19-23-18(16(17(20)29)24-25-19)22-15-9-10(2)26-30-15/h5,9,11-13H,1,6-8H2,2-4H3,(H2,20,29)(H,21,28)(H,22,23,25)/t11-,12?,13+/m0/s1. The van der Waals surface area contributed by atoms with Crippen molar-refractivity contribution < 1.29 is 9.59 Å². The van der Waals surface area contributed by atoms with Gasteiger partial charge in [-0.1, -0.05) is 13.5 Å². The molecule has 30 heavy (non-hydrogen) atoms. The number of nitrogens with two attached hydrogens (primary N) is 1. The third-order valence-electron chi connectivity index (χ3n) is 5.36. The molecule has 0 bridgehead atoms. The number of aryl methyl sites for hydroxylation is 1. The van der Waals surface area contributed by atoms with Gasteiger partial charge in [-0.25, -0.2) is 0 Å². The zero-order valence-electron chi connectivity index (χ0n) is 17.3. The first-order valence-corrected chi connectivity index (χ1v) is 10.5. The van der Waals surface area contributed by atoms with Crippen LogP contribution in [-0.2, 0) is 4.79 Å². The van der Waals surface area contributed by atoms with E-state index in [4.69, 9.17) is 5.73 Å². The summed E-state index contributed by atoms with van der Waals surface area (Å²) in [5.74, 6) is -0.122. The number of nitrogens with zero attached hydrogens (tertiary/aromatic N) is 5. The molecule has 2 heterocycles. The summed E-state index contributed by atoms with van der Waals surface area (Å²) in [7, 11) is 1.89. The molecule has 1 saturated carbocycles. The molecule has 0 aliphatic heterocycles. The summed E-state index contributed by atoms with van der Waals surface area (Å²) in [5, 5.41) is 14.9. The van der Waals surface area contributed by atoms with E-state index in [1.165, 1.54) is 17.6 Å². The molecule has 0 radical (unpaired) electrons. The first-order chi connectivity index (χ1) is 14.3. The fourth-order valence-electron chi connectivity index (χ4n) is 3.74. The van der Waals surface area contributed by atoms with Crippen molar-refractivity contribution in [1.82, 2.24) is 24.9 Å². The molecule has 2 aromatic rings. The van der Waals surface area contributed by atoms with E-state index in [-0.39, 0.29) is 35.4 Å². The number of primary amides is 1. The lowest BCUT2D eigenvalue weighted by atomic mass is 9.81. The Balaban J connectivity index is 1.85. The van der Waals surface area contributed by atoms with Gasteiger partial charge in [0.1, 0.15) is 5.00 Å². The van der Waals surface area contributed by atoms with Crippen LogP contribution in [0.1, 0.15) is 42.4 Å². The molecule has 3 rings (SSSR count). The minimum atomic E-state index is -0.717. The van der Waals surface area contributed by atoms with E-state index in [2.05, 4.69) is 43.7 Å². The van der Waals surface area contributed by atoms with Gasteiger partial charge in [0.05, 0.1) is 5.69 Å². The molecular weight excluding hydrogens is 404 g/mol. The predicted molar refractivity (Wildman–Crippen MR) is 116 cm³/mol. The van der Waals surface area contributed by atoms with Crippen molar-refractivity contribution in [2.45, 2.75) is 45.2 Å². The summed E-state index contributed by atoms with van der Waals surface area (Å²) in [6.45, 7) is 7.49. The Morgan fingerprint density at radius 1 is 1.37 bits per heavy atom. The highest BCUT2D eigenvalue weighted by molar-refractivity contribution is 7.10. The van der Waals surface area contributed by atoms with Gasteiger partial charge in [0.2, 0.25) is 11.9 Å². The molecule has 3 atom stereocenters. The number of rotatable bonds is 7.